The summed E-state index contributed by atoms with van der Waals surface area (Å²) in [5.41, 5.74) is 0. The summed E-state index contributed by atoms with van der Waals surface area (Å²) in [6.45, 7) is 0. The van der Waals surface area contributed by atoms with Crippen LogP contribution in [0.5, 0.6) is 0 Å². The molecule has 14 unspecified atom stereocenters. The summed E-state index contributed by atoms with van der Waals surface area (Å²) in [7, 11) is 0. The van der Waals surface area contributed by atoms with E-state index in [1.165, 1.54) is 0 Å². The number of halogens is 16. The Labute approximate surface area is 180 Å². The molecule has 0 rings (SSSR count). The van der Waals surface area contributed by atoms with Gasteiger partial charge in [0.25, 0.3) is 6.43 Å². The fourth-order valence-corrected chi connectivity index (χ4v) is 2.37. The minimum absolute atomic E-state index is 2.72. The summed E-state index contributed by atoms with van der Waals surface area (Å²) in [5, 5.41) is 8.08. The van der Waals surface area contributed by atoms with Crippen molar-refractivity contribution in [2.75, 3.05) is 0 Å². The van der Waals surface area contributed by atoms with Gasteiger partial charge in [0, 0.05) is 0 Å². The first-order chi connectivity index (χ1) is 15.4. The molecule has 0 bridgehead atoms. The van der Waals surface area contributed by atoms with Gasteiger partial charge in [-0.25, -0.2) is 75.0 Å². The Morgan fingerprint density at radius 2 is 0.529 bits per heavy atom. The predicted molar refractivity (Wildman–Crippen MR) is 82.2 cm³/mol. The summed E-state index contributed by atoms with van der Waals surface area (Å²) in [5.74, 6) is -2.72. The number of carboxylic acid groups (broad SMARTS) is 1. The Morgan fingerprint density at radius 1 is 0.353 bits per heavy atom. The Morgan fingerprint density at radius 3 is 0.706 bits per heavy atom. The van der Waals surface area contributed by atoms with Crippen molar-refractivity contribution in [1.29, 1.82) is 0 Å². The molecule has 204 valence electrons. The van der Waals surface area contributed by atoms with Gasteiger partial charge in [0.15, 0.2) is 80.2 Å². The van der Waals surface area contributed by atoms with E-state index in [9.17, 15) is 75.0 Å². The molecule has 2 nitrogen and oxygen atoms in total. The van der Waals surface area contributed by atoms with Crippen LogP contribution >= 0.6 is 0 Å². The summed E-state index contributed by atoms with van der Waals surface area (Å²) in [4.78, 5) is 10.1. The number of hydrogen-bond acceptors (Lipinski definition) is 1. The molecule has 0 aromatic heterocycles. The van der Waals surface area contributed by atoms with E-state index in [1.807, 2.05) is 0 Å². The Kier molecular flexibility index (Phi) is 12.8. The Balaban J connectivity index is 5.30. The first-order valence-electron chi connectivity index (χ1n) is 8.87. The quantitative estimate of drug-likeness (QED) is 0.293. The average molecular weight is 544 g/mol. The average Bonchev–Trinajstić information content (AvgIpc) is 2.81. The van der Waals surface area contributed by atoms with Crippen molar-refractivity contribution in [3.05, 3.63) is 0 Å². The second-order valence-corrected chi connectivity index (χ2v) is 6.85. The SMILES string of the molecule is O=C(O)C(F)C(F)C(F)C(F)C(F)C(F)C(F)C(F)C(F)C(F)C(F)C(F)C(F)C(F)C(F)F. The van der Waals surface area contributed by atoms with Crippen molar-refractivity contribution in [2.24, 2.45) is 0 Å². The topological polar surface area (TPSA) is 37.3 Å². The van der Waals surface area contributed by atoms with Gasteiger partial charge in [0.1, 0.15) is 0 Å². The van der Waals surface area contributed by atoms with Crippen LogP contribution in [0.4, 0.5) is 70.2 Å². The van der Waals surface area contributed by atoms with Gasteiger partial charge in [0.05, 0.1) is 0 Å². The van der Waals surface area contributed by atoms with Crippen LogP contribution in [0.15, 0.2) is 0 Å². The van der Waals surface area contributed by atoms with Gasteiger partial charge in [-0.15, -0.1) is 0 Å². The van der Waals surface area contributed by atoms with Crippen molar-refractivity contribution < 1.29 is 80.1 Å². The lowest BCUT2D eigenvalue weighted by Gasteiger charge is -2.29. The maximum Gasteiger partial charge on any atom is 0.341 e. The highest BCUT2D eigenvalue weighted by Gasteiger charge is 2.53. The number of carboxylic acids is 1. The minimum Gasteiger partial charge on any atom is -0.479 e. The van der Waals surface area contributed by atoms with Crippen LogP contribution < -0.4 is 0 Å². The normalized spacial score (nSPS) is 25.1. The van der Waals surface area contributed by atoms with Crippen LogP contribution in [0.2, 0.25) is 0 Å². The minimum atomic E-state index is -4.39. The van der Waals surface area contributed by atoms with Gasteiger partial charge < -0.3 is 5.11 Å². The van der Waals surface area contributed by atoms with Crippen molar-refractivity contribution in [3.8, 4) is 0 Å². The van der Waals surface area contributed by atoms with E-state index >= 15 is 0 Å². The molecule has 0 radical (unpaired) electrons. The monoisotopic (exact) mass is 544 g/mol. The molecule has 0 aliphatic rings. The lowest BCUT2D eigenvalue weighted by molar-refractivity contribution is -0.148. The Bertz CT molecular complexity index is 616. The molecule has 0 aromatic carbocycles. The van der Waals surface area contributed by atoms with E-state index in [0.29, 0.717) is 0 Å². The molecule has 34 heavy (non-hydrogen) atoms. The molecule has 0 amide bonds. The first-order valence-corrected chi connectivity index (χ1v) is 8.87. The Hall–Kier alpha value is -1.65. The predicted octanol–water partition coefficient (Wildman–Crippen LogP) is 5.07. The van der Waals surface area contributed by atoms with Gasteiger partial charge >= 0.3 is 5.97 Å². The van der Waals surface area contributed by atoms with Crippen molar-refractivity contribution in [1.82, 2.24) is 0 Å². The lowest BCUT2D eigenvalue weighted by atomic mass is 9.93. The smallest absolute Gasteiger partial charge is 0.341 e. The van der Waals surface area contributed by atoms with E-state index in [2.05, 4.69) is 0 Å². The molecule has 0 heterocycles. The van der Waals surface area contributed by atoms with Gasteiger partial charge in [-0.05, 0) is 0 Å². The van der Waals surface area contributed by atoms with Gasteiger partial charge in [-0.3, -0.25) is 0 Å². The standard InChI is InChI=1S/C16H16F16O2/c17-1(3(19)5(21)7(23)9(25)11(27)13(29)15(31)32)2(18)4(20)6(22)8(24)10(26)12(28)14(30)16(33)34/h1-15H,(H,33,34). The molecule has 18 heteroatoms. The number of rotatable bonds is 15. The van der Waals surface area contributed by atoms with Crippen LogP contribution in [-0.2, 0) is 4.79 Å². The molecule has 0 spiro atoms. The zero-order valence-corrected chi connectivity index (χ0v) is 16.1. The molecule has 0 aliphatic heterocycles. The van der Waals surface area contributed by atoms with Crippen LogP contribution in [-0.4, -0.2) is 104 Å². The van der Waals surface area contributed by atoms with Crippen LogP contribution in [0.25, 0.3) is 0 Å². The zero-order chi connectivity index (χ0) is 27.2. The molecule has 0 aromatic rings. The molecule has 0 fully saturated rings. The number of carbonyl (C=O) groups is 1. The highest BCUT2D eigenvalue weighted by Crippen LogP contribution is 2.32. The fraction of sp³-hybridized carbons (Fsp3) is 0.938. The van der Waals surface area contributed by atoms with E-state index in [1.54, 1.807) is 0 Å². The van der Waals surface area contributed by atoms with Crippen LogP contribution in [0.3, 0.4) is 0 Å². The maximum atomic E-state index is 13.6. The van der Waals surface area contributed by atoms with Crippen molar-refractivity contribution in [3.63, 3.8) is 0 Å². The molecular formula is C16H16F16O2. The third-order valence-corrected chi connectivity index (χ3v) is 4.41. The fourth-order valence-electron chi connectivity index (χ4n) is 2.37. The molecular weight excluding hydrogens is 528 g/mol. The molecule has 0 saturated carbocycles. The summed E-state index contributed by atoms with van der Waals surface area (Å²) in [6.07, 6.45) is -63.3. The highest BCUT2D eigenvalue weighted by molar-refractivity contribution is 5.73. The largest absolute Gasteiger partial charge is 0.479 e. The van der Waals surface area contributed by atoms with E-state index < -0.39 is 98.8 Å². The number of aliphatic carboxylic acids is 1. The van der Waals surface area contributed by atoms with Crippen LogP contribution in [0.1, 0.15) is 0 Å². The van der Waals surface area contributed by atoms with Gasteiger partial charge in [-0.2, -0.15) is 0 Å². The first kappa shape index (κ1) is 32.4. The van der Waals surface area contributed by atoms with E-state index in [4.69, 9.17) is 5.11 Å². The van der Waals surface area contributed by atoms with Crippen molar-refractivity contribution >= 4 is 5.97 Å². The third kappa shape index (κ3) is 7.68. The number of hydrogen-bond donors (Lipinski definition) is 1. The third-order valence-electron chi connectivity index (χ3n) is 4.41. The summed E-state index contributed by atoms with van der Waals surface area (Å²) >= 11 is 0. The molecule has 0 saturated heterocycles. The van der Waals surface area contributed by atoms with E-state index in [0.717, 1.165) is 0 Å². The molecule has 14 atom stereocenters. The van der Waals surface area contributed by atoms with Gasteiger partial charge in [0.2, 0.25) is 6.17 Å². The maximum absolute atomic E-state index is 13.6. The van der Waals surface area contributed by atoms with Gasteiger partial charge in [-0.1, -0.05) is 0 Å². The van der Waals surface area contributed by atoms with Crippen LogP contribution in [0, 0.1) is 0 Å². The number of alkyl halides is 16. The summed E-state index contributed by atoms with van der Waals surface area (Å²) < 4.78 is 210. The van der Waals surface area contributed by atoms with Crippen molar-refractivity contribution in [2.45, 2.75) is 92.8 Å². The summed E-state index contributed by atoms with van der Waals surface area (Å²) in [6, 6.07) is 0. The second-order valence-electron chi connectivity index (χ2n) is 6.85. The molecule has 1 N–H and O–H groups in total. The lowest BCUT2D eigenvalue weighted by Crippen LogP contribution is -2.51. The highest BCUT2D eigenvalue weighted by atomic mass is 19.3. The molecule has 0 aliphatic carbocycles. The second kappa shape index (κ2) is 13.4. The zero-order valence-electron chi connectivity index (χ0n) is 16.1. The van der Waals surface area contributed by atoms with E-state index in [-0.39, 0.29) is 0 Å².